The smallest absolute Gasteiger partial charge is 0.261 e. The third kappa shape index (κ3) is 3.47. The zero-order chi connectivity index (χ0) is 14.7. The van der Waals surface area contributed by atoms with Crippen LogP contribution in [0.15, 0.2) is 16.7 Å². The highest BCUT2D eigenvalue weighted by molar-refractivity contribution is 7.98. The van der Waals surface area contributed by atoms with Crippen LogP contribution in [-0.4, -0.2) is 15.9 Å². The lowest BCUT2D eigenvalue weighted by Gasteiger charge is -2.01. The van der Waals surface area contributed by atoms with E-state index in [1.54, 1.807) is 11.8 Å². The molecular weight excluding hydrogens is 284 g/mol. The number of anilines is 1. The molecule has 2 N–H and O–H groups in total. The third-order valence-electron chi connectivity index (χ3n) is 2.47. The van der Waals surface area contributed by atoms with E-state index in [0.29, 0.717) is 23.6 Å². The van der Waals surface area contributed by atoms with E-state index >= 15 is 0 Å². The molecule has 0 radical (unpaired) electrons. The molecule has 1 aromatic heterocycles. The van der Waals surface area contributed by atoms with Crippen LogP contribution < -0.4 is 5.73 Å². The molecule has 0 aliphatic heterocycles. The van der Waals surface area contributed by atoms with Crippen LogP contribution in [0.5, 0.6) is 0 Å². The van der Waals surface area contributed by atoms with Crippen molar-refractivity contribution < 1.29 is 13.3 Å². The van der Waals surface area contributed by atoms with Gasteiger partial charge in [0.25, 0.3) is 5.89 Å². The second kappa shape index (κ2) is 6.21. The van der Waals surface area contributed by atoms with Crippen molar-refractivity contribution in [2.45, 2.75) is 19.6 Å². The van der Waals surface area contributed by atoms with Crippen molar-refractivity contribution in [1.82, 2.24) is 10.1 Å². The first-order chi connectivity index (χ1) is 9.47. The number of hydrogen-bond acceptors (Lipinski definition) is 5. The molecular formula is C13H15F2N3OS. The maximum atomic E-state index is 13.7. The molecule has 1 heterocycles. The van der Waals surface area contributed by atoms with Gasteiger partial charge in [-0.2, -0.15) is 16.7 Å². The van der Waals surface area contributed by atoms with Gasteiger partial charge in [-0.3, -0.25) is 0 Å². The number of thioether (sulfide) groups is 1. The number of aromatic nitrogens is 2. The summed E-state index contributed by atoms with van der Waals surface area (Å²) in [5.74, 6) is 1.03. The average molecular weight is 299 g/mol. The molecule has 0 spiro atoms. The SMILES string of the molecule is CC(C)CSCc1noc(-c2cc(N)c(F)cc2F)n1. The molecule has 4 nitrogen and oxygen atoms in total. The summed E-state index contributed by atoms with van der Waals surface area (Å²) in [6.45, 7) is 4.23. The predicted molar refractivity (Wildman–Crippen MR) is 75.1 cm³/mol. The predicted octanol–water partition coefficient (Wildman–Crippen LogP) is 3.49. The van der Waals surface area contributed by atoms with Gasteiger partial charge in [-0.05, 0) is 17.7 Å². The summed E-state index contributed by atoms with van der Waals surface area (Å²) in [7, 11) is 0. The van der Waals surface area contributed by atoms with Crippen LogP contribution in [0.1, 0.15) is 19.7 Å². The van der Waals surface area contributed by atoms with E-state index in [4.69, 9.17) is 10.3 Å². The maximum absolute atomic E-state index is 13.7. The largest absolute Gasteiger partial charge is 0.396 e. The third-order valence-corrected chi connectivity index (χ3v) is 3.83. The van der Waals surface area contributed by atoms with Gasteiger partial charge in [0.1, 0.15) is 11.6 Å². The zero-order valence-corrected chi connectivity index (χ0v) is 12.0. The fraction of sp³-hybridized carbons (Fsp3) is 0.385. The molecule has 2 rings (SSSR count). The summed E-state index contributed by atoms with van der Waals surface area (Å²) in [4.78, 5) is 4.09. The van der Waals surface area contributed by atoms with Crippen LogP contribution in [0.3, 0.4) is 0 Å². The minimum Gasteiger partial charge on any atom is -0.396 e. The van der Waals surface area contributed by atoms with Gasteiger partial charge in [0, 0.05) is 6.07 Å². The van der Waals surface area contributed by atoms with Gasteiger partial charge in [-0.15, -0.1) is 0 Å². The van der Waals surface area contributed by atoms with E-state index in [1.807, 2.05) is 0 Å². The van der Waals surface area contributed by atoms with Crippen LogP contribution >= 0.6 is 11.8 Å². The Morgan fingerprint density at radius 3 is 2.75 bits per heavy atom. The lowest BCUT2D eigenvalue weighted by Crippen LogP contribution is -1.95. The van der Waals surface area contributed by atoms with E-state index in [0.717, 1.165) is 11.8 Å². The second-order valence-corrected chi connectivity index (χ2v) is 5.81. The topological polar surface area (TPSA) is 64.9 Å². The van der Waals surface area contributed by atoms with Crippen LogP contribution in [0, 0.1) is 17.6 Å². The van der Waals surface area contributed by atoms with Gasteiger partial charge in [0.2, 0.25) is 0 Å². The molecule has 0 aliphatic rings. The Labute approximate surface area is 119 Å². The summed E-state index contributed by atoms with van der Waals surface area (Å²) in [5, 5.41) is 3.77. The number of hydrogen-bond donors (Lipinski definition) is 1. The molecule has 7 heteroatoms. The normalized spacial score (nSPS) is 11.2. The molecule has 0 saturated heterocycles. The first kappa shape index (κ1) is 14.8. The van der Waals surface area contributed by atoms with Crippen LogP contribution in [-0.2, 0) is 5.75 Å². The standard InChI is InChI=1S/C13H15F2N3OS/c1-7(2)5-20-6-12-17-13(19-18-12)8-3-11(16)10(15)4-9(8)14/h3-4,7H,5-6,16H2,1-2H3. The highest BCUT2D eigenvalue weighted by Gasteiger charge is 2.16. The Morgan fingerprint density at radius 1 is 1.30 bits per heavy atom. The summed E-state index contributed by atoms with van der Waals surface area (Å²) < 4.78 is 31.7. The molecule has 1 aromatic carbocycles. The van der Waals surface area contributed by atoms with Crippen molar-refractivity contribution in [2.75, 3.05) is 11.5 Å². The van der Waals surface area contributed by atoms with E-state index in [-0.39, 0.29) is 17.1 Å². The molecule has 0 amide bonds. The molecule has 108 valence electrons. The molecule has 2 aromatic rings. The molecule has 0 aliphatic carbocycles. The fourth-order valence-electron chi connectivity index (χ4n) is 1.54. The van der Waals surface area contributed by atoms with Crippen molar-refractivity contribution in [3.8, 4) is 11.5 Å². The Hall–Kier alpha value is -1.63. The van der Waals surface area contributed by atoms with Gasteiger partial charge in [0.05, 0.1) is 17.0 Å². The first-order valence-electron chi connectivity index (χ1n) is 6.12. The quantitative estimate of drug-likeness (QED) is 0.856. The van der Waals surface area contributed by atoms with Gasteiger partial charge in [0.15, 0.2) is 5.82 Å². The Morgan fingerprint density at radius 2 is 2.05 bits per heavy atom. The van der Waals surface area contributed by atoms with Gasteiger partial charge < -0.3 is 10.3 Å². The van der Waals surface area contributed by atoms with E-state index in [9.17, 15) is 8.78 Å². The molecule has 0 fully saturated rings. The molecule has 0 bridgehead atoms. The highest BCUT2D eigenvalue weighted by atomic mass is 32.2. The number of nitrogens with two attached hydrogens (primary N) is 1. The highest BCUT2D eigenvalue weighted by Crippen LogP contribution is 2.26. The van der Waals surface area contributed by atoms with E-state index in [1.165, 1.54) is 0 Å². The molecule has 20 heavy (non-hydrogen) atoms. The van der Waals surface area contributed by atoms with Gasteiger partial charge in [-0.25, -0.2) is 8.78 Å². The number of rotatable bonds is 5. The Bertz CT molecular complexity index is 601. The lowest BCUT2D eigenvalue weighted by atomic mass is 10.2. The van der Waals surface area contributed by atoms with Gasteiger partial charge >= 0.3 is 0 Å². The summed E-state index contributed by atoms with van der Waals surface area (Å²) >= 11 is 1.67. The minimum atomic E-state index is -0.807. The Balaban J connectivity index is 2.14. The molecule has 0 unspecified atom stereocenters. The zero-order valence-electron chi connectivity index (χ0n) is 11.2. The second-order valence-electron chi connectivity index (χ2n) is 4.78. The van der Waals surface area contributed by atoms with Crippen molar-refractivity contribution in [1.29, 1.82) is 0 Å². The van der Waals surface area contributed by atoms with Crippen molar-refractivity contribution >= 4 is 17.4 Å². The number of halogens is 2. The van der Waals surface area contributed by atoms with E-state index in [2.05, 4.69) is 24.0 Å². The fourth-order valence-corrected chi connectivity index (χ4v) is 2.43. The van der Waals surface area contributed by atoms with Crippen molar-refractivity contribution in [3.05, 3.63) is 29.6 Å². The van der Waals surface area contributed by atoms with Crippen LogP contribution in [0.4, 0.5) is 14.5 Å². The van der Waals surface area contributed by atoms with Crippen molar-refractivity contribution in [2.24, 2.45) is 5.92 Å². The average Bonchev–Trinajstić information content (AvgIpc) is 2.82. The van der Waals surface area contributed by atoms with Crippen LogP contribution in [0.2, 0.25) is 0 Å². The maximum Gasteiger partial charge on any atom is 0.261 e. The number of benzene rings is 1. The van der Waals surface area contributed by atoms with Crippen LogP contribution in [0.25, 0.3) is 11.5 Å². The number of nitrogen functional groups attached to an aromatic ring is 1. The summed E-state index contributed by atoms with van der Waals surface area (Å²) in [6.07, 6.45) is 0. The monoisotopic (exact) mass is 299 g/mol. The van der Waals surface area contributed by atoms with Crippen molar-refractivity contribution in [3.63, 3.8) is 0 Å². The number of nitrogens with zero attached hydrogens (tertiary/aromatic N) is 2. The molecule has 0 saturated carbocycles. The summed E-state index contributed by atoms with van der Waals surface area (Å²) in [5.41, 5.74) is 5.27. The lowest BCUT2D eigenvalue weighted by molar-refractivity contribution is 0.422. The van der Waals surface area contributed by atoms with Gasteiger partial charge in [-0.1, -0.05) is 19.0 Å². The molecule has 0 atom stereocenters. The Kier molecular flexibility index (Phi) is 4.59. The summed E-state index contributed by atoms with van der Waals surface area (Å²) in [6, 6.07) is 1.87. The first-order valence-corrected chi connectivity index (χ1v) is 7.28. The van der Waals surface area contributed by atoms with E-state index < -0.39 is 11.6 Å². The minimum absolute atomic E-state index is 0.00865.